The summed E-state index contributed by atoms with van der Waals surface area (Å²) in [6.07, 6.45) is 7.33. The summed E-state index contributed by atoms with van der Waals surface area (Å²) >= 11 is 0. The average Bonchev–Trinajstić information content (AvgIpc) is 2.67. The Kier molecular flexibility index (Phi) is 9.58. The van der Waals surface area contributed by atoms with Crippen LogP contribution >= 0.6 is 0 Å². The first-order chi connectivity index (χ1) is 13.6. The maximum absolute atomic E-state index is 13.2. The molecule has 0 spiro atoms. The van der Waals surface area contributed by atoms with E-state index in [1.54, 1.807) is 39.2 Å². The van der Waals surface area contributed by atoms with Crippen LogP contribution < -0.4 is 10.6 Å². The highest BCUT2D eigenvalue weighted by Crippen LogP contribution is 2.17. The number of nitrogens with zero attached hydrogens (tertiary/aromatic N) is 2. The van der Waals surface area contributed by atoms with Crippen molar-refractivity contribution >= 4 is 23.6 Å². The molecule has 1 saturated heterocycles. The summed E-state index contributed by atoms with van der Waals surface area (Å²) in [6, 6.07) is -2.16. The molecule has 3 atom stereocenters. The lowest BCUT2D eigenvalue weighted by atomic mass is 9.98. The third-order valence-electron chi connectivity index (χ3n) is 5.09. The fourth-order valence-corrected chi connectivity index (χ4v) is 3.25. The first-order valence-corrected chi connectivity index (χ1v) is 10.0. The first kappa shape index (κ1) is 24.4. The Morgan fingerprint density at radius 2 is 1.79 bits per heavy atom. The van der Waals surface area contributed by atoms with Crippen LogP contribution in [0, 0.1) is 5.92 Å². The summed E-state index contributed by atoms with van der Waals surface area (Å²) < 4.78 is 0. The number of likely N-dealkylation sites (N-methyl/N-ethyl adjacent to an activating group) is 2. The maximum Gasteiger partial charge on any atom is 0.246 e. The summed E-state index contributed by atoms with van der Waals surface area (Å²) in [5.41, 5.74) is 0. The number of nitrogens with one attached hydrogen (secondary N) is 2. The Bertz CT molecular complexity index is 672. The molecule has 0 aromatic carbocycles. The van der Waals surface area contributed by atoms with Crippen molar-refractivity contribution < 1.29 is 19.2 Å². The van der Waals surface area contributed by atoms with Crippen LogP contribution in [0.15, 0.2) is 24.3 Å². The fourth-order valence-electron chi connectivity index (χ4n) is 3.25. The second-order valence-electron chi connectivity index (χ2n) is 7.64. The van der Waals surface area contributed by atoms with Crippen LogP contribution in [0.3, 0.4) is 0 Å². The number of amides is 4. The third kappa shape index (κ3) is 6.73. The van der Waals surface area contributed by atoms with E-state index in [1.165, 1.54) is 15.9 Å². The first-order valence-electron chi connectivity index (χ1n) is 10.0. The number of hydrogen-bond donors (Lipinski definition) is 2. The molecule has 2 N–H and O–H groups in total. The molecule has 1 aliphatic rings. The van der Waals surface area contributed by atoms with Gasteiger partial charge < -0.3 is 20.4 Å². The number of rotatable bonds is 4. The monoisotopic (exact) mass is 406 g/mol. The maximum atomic E-state index is 13.2. The Morgan fingerprint density at radius 1 is 1.14 bits per heavy atom. The molecule has 162 valence electrons. The van der Waals surface area contributed by atoms with Gasteiger partial charge in [0.1, 0.15) is 18.1 Å². The van der Waals surface area contributed by atoms with Crippen molar-refractivity contribution in [2.24, 2.45) is 5.92 Å². The van der Waals surface area contributed by atoms with Gasteiger partial charge in [0.2, 0.25) is 23.6 Å². The highest BCUT2D eigenvalue weighted by Gasteiger charge is 2.37. The molecule has 0 aliphatic carbocycles. The lowest BCUT2D eigenvalue weighted by molar-refractivity contribution is -0.150. The van der Waals surface area contributed by atoms with Crippen molar-refractivity contribution in [1.82, 2.24) is 20.4 Å². The van der Waals surface area contributed by atoms with Crippen LogP contribution in [-0.4, -0.2) is 72.2 Å². The van der Waals surface area contributed by atoms with Gasteiger partial charge in [-0.2, -0.15) is 0 Å². The molecule has 29 heavy (non-hydrogen) atoms. The van der Waals surface area contributed by atoms with Crippen molar-refractivity contribution in [3.05, 3.63) is 24.3 Å². The molecule has 8 nitrogen and oxygen atoms in total. The molecule has 0 saturated carbocycles. The van der Waals surface area contributed by atoms with E-state index in [2.05, 4.69) is 10.6 Å². The van der Waals surface area contributed by atoms with Gasteiger partial charge in [0.05, 0.1) is 0 Å². The molecule has 0 radical (unpaired) electrons. The van der Waals surface area contributed by atoms with E-state index in [4.69, 9.17) is 0 Å². The van der Waals surface area contributed by atoms with Gasteiger partial charge >= 0.3 is 0 Å². The molecule has 0 aromatic heterocycles. The third-order valence-corrected chi connectivity index (χ3v) is 5.09. The predicted octanol–water partition coefficient (Wildman–Crippen LogP) is 0.843. The summed E-state index contributed by atoms with van der Waals surface area (Å²) in [5.74, 6) is -1.42. The largest absolute Gasteiger partial charge is 0.354 e. The van der Waals surface area contributed by atoms with E-state index in [0.29, 0.717) is 19.4 Å². The second-order valence-corrected chi connectivity index (χ2v) is 7.64. The van der Waals surface area contributed by atoms with Gasteiger partial charge in [-0.15, -0.1) is 0 Å². The van der Waals surface area contributed by atoms with E-state index in [9.17, 15) is 19.2 Å². The summed E-state index contributed by atoms with van der Waals surface area (Å²) in [4.78, 5) is 53.5. The minimum atomic E-state index is -0.782. The molecule has 1 heterocycles. The number of carbonyl (C=O) groups is 4. The van der Waals surface area contributed by atoms with Gasteiger partial charge in [0.15, 0.2) is 0 Å². The van der Waals surface area contributed by atoms with E-state index in [0.717, 1.165) is 0 Å². The number of hydrogen-bond acceptors (Lipinski definition) is 4. The molecule has 1 rings (SSSR count). The molecular formula is C21H34N4O4. The van der Waals surface area contributed by atoms with Gasteiger partial charge in [0, 0.05) is 26.7 Å². The Labute approximate surface area is 173 Å². The minimum Gasteiger partial charge on any atom is -0.354 e. The molecule has 8 heteroatoms. The summed E-state index contributed by atoms with van der Waals surface area (Å²) in [7, 11) is 3.14. The van der Waals surface area contributed by atoms with Crippen LogP contribution in [0.4, 0.5) is 0 Å². The van der Waals surface area contributed by atoms with Gasteiger partial charge in [0.25, 0.3) is 0 Å². The quantitative estimate of drug-likeness (QED) is 0.534. The Hall–Kier alpha value is -2.64. The minimum absolute atomic E-state index is 0.164. The van der Waals surface area contributed by atoms with E-state index in [1.807, 2.05) is 20.8 Å². The average molecular weight is 407 g/mol. The highest BCUT2D eigenvalue weighted by molar-refractivity contribution is 5.96. The Balaban J connectivity index is 3.17. The lowest BCUT2D eigenvalue weighted by Crippen LogP contribution is -2.59. The van der Waals surface area contributed by atoms with Crippen molar-refractivity contribution in [2.45, 2.75) is 58.7 Å². The van der Waals surface area contributed by atoms with Crippen LogP contribution in [-0.2, 0) is 19.2 Å². The smallest absolute Gasteiger partial charge is 0.246 e. The van der Waals surface area contributed by atoms with Crippen molar-refractivity contribution in [3.8, 4) is 0 Å². The zero-order valence-electron chi connectivity index (χ0n) is 18.3. The van der Waals surface area contributed by atoms with Crippen LogP contribution in [0.25, 0.3) is 0 Å². The number of carbonyl (C=O) groups excluding carboxylic acids is 4. The SMILES string of the molecule is C/C=C/C=C/C(=O)NC1CCCNC(=O)[C@H](C)N(C)C(=O)[C@H](C(C)C)N(C)C1=O. The van der Waals surface area contributed by atoms with Gasteiger partial charge in [-0.1, -0.05) is 32.1 Å². The van der Waals surface area contributed by atoms with E-state index in [-0.39, 0.29) is 29.5 Å². The Morgan fingerprint density at radius 3 is 2.38 bits per heavy atom. The van der Waals surface area contributed by atoms with E-state index >= 15 is 0 Å². The molecule has 1 aliphatic heterocycles. The molecule has 1 fully saturated rings. The van der Waals surface area contributed by atoms with Gasteiger partial charge in [-0.05, 0) is 32.6 Å². The summed E-state index contributed by atoms with van der Waals surface area (Å²) in [6.45, 7) is 7.56. The second kappa shape index (κ2) is 11.4. The predicted molar refractivity (Wildman–Crippen MR) is 112 cm³/mol. The van der Waals surface area contributed by atoms with Crippen LogP contribution in [0.1, 0.15) is 40.5 Å². The van der Waals surface area contributed by atoms with Gasteiger partial charge in [-0.25, -0.2) is 0 Å². The van der Waals surface area contributed by atoms with Crippen molar-refractivity contribution in [1.29, 1.82) is 0 Å². The lowest BCUT2D eigenvalue weighted by Gasteiger charge is -2.37. The standard InChI is InChI=1S/C21H34N4O4/c1-7-8-9-12-17(26)23-16-11-10-13-22-19(27)15(4)24(5)21(29)18(14(2)3)25(6)20(16)28/h7-9,12,14-16,18H,10-11,13H2,1-6H3,(H,22,27)(H,23,26)/b8-7+,12-9+/t15-,16?,18-/m0/s1. The van der Waals surface area contributed by atoms with Crippen LogP contribution in [0.5, 0.6) is 0 Å². The van der Waals surface area contributed by atoms with Crippen LogP contribution in [0.2, 0.25) is 0 Å². The molecule has 0 aromatic rings. The molecule has 0 bridgehead atoms. The fraction of sp³-hybridized carbons (Fsp3) is 0.619. The zero-order valence-corrected chi connectivity index (χ0v) is 18.3. The number of allylic oxidation sites excluding steroid dienone is 3. The molecule has 1 unspecified atom stereocenters. The van der Waals surface area contributed by atoms with Crippen molar-refractivity contribution in [3.63, 3.8) is 0 Å². The van der Waals surface area contributed by atoms with E-state index < -0.39 is 18.1 Å². The molecule has 4 amide bonds. The van der Waals surface area contributed by atoms with Gasteiger partial charge in [-0.3, -0.25) is 19.2 Å². The zero-order chi connectivity index (χ0) is 22.1. The normalized spacial score (nSPS) is 25.3. The summed E-state index contributed by atoms with van der Waals surface area (Å²) in [5, 5.41) is 5.52. The van der Waals surface area contributed by atoms with Crippen molar-refractivity contribution in [2.75, 3.05) is 20.6 Å². The highest BCUT2D eigenvalue weighted by atomic mass is 16.2. The topological polar surface area (TPSA) is 98.8 Å². The molecular weight excluding hydrogens is 372 g/mol.